The van der Waals surface area contributed by atoms with E-state index >= 15 is 0 Å². The van der Waals surface area contributed by atoms with Gasteiger partial charge in [-0.3, -0.25) is 10.1 Å². The number of fused-ring (bicyclic) bond motifs is 1. The van der Waals surface area contributed by atoms with Gasteiger partial charge in [-0.05, 0) is 31.9 Å². The summed E-state index contributed by atoms with van der Waals surface area (Å²) in [6.45, 7) is 10.2. The Morgan fingerprint density at radius 1 is 1.23 bits per heavy atom. The molecule has 0 aliphatic rings. The van der Waals surface area contributed by atoms with Gasteiger partial charge < -0.3 is 9.30 Å². The van der Waals surface area contributed by atoms with Gasteiger partial charge >= 0.3 is 0 Å². The summed E-state index contributed by atoms with van der Waals surface area (Å²) in [5.74, 6) is 1.60. The van der Waals surface area contributed by atoms with Crippen molar-refractivity contribution >= 4 is 22.9 Å². The first-order valence-corrected chi connectivity index (χ1v) is 7.72. The molecule has 2 rings (SSSR count). The Balaban J connectivity index is 2.45. The summed E-state index contributed by atoms with van der Waals surface area (Å²) in [6.07, 6.45) is 0. The molecule has 5 heteroatoms. The highest BCUT2D eigenvalue weighted by molar-refractivity contribution is 5.93. The maximum Gasteiger partial charge on any atom is 0.229 e. The van der Waals surface area contributed by atoms with Crippen molar-refractivity contribution in [1.82, 2.24) is 9.55 Å². The van der Waals surface area contributed by atoms with E-state index in [1.165, 1.54) is 0 Å². The lowest BCUT2D eigenvalue weighted by atomic mass is 9.97. The normalized spacial score (nSPS) is 12.9. The van der Waals surface area contributed by atoms with Crippen molar-refractivity contribution in [2.24, 2.45) is 11.8 Å². The standard InChI is InChI=1S/C17H25N3O2/c1-10(2)12(5)16(21)19-17-18-14-8-7-13(22-6)9-15(14)20(17)11(3)4/h7-12H,1-6H3,(H,18,19,21). The highest BCUT2D eigenvalue weighted by Gasteiger charge is 2.21. The number of carbonyl (C=O) groups is 1. The summed E-state index contributed by atoms with van der Waals surface area (Å²) in [5, 5.41) is 2.97. The van der Waals surface area contributed by atoms with E-state index in [4.69, 9.17) is 4.74 Å². The zero-order chi connectivity index (χ0) is 16.4. The van der Waals surface area contributed by atoms with Crippen molar-refractivity contribution in [3.63, 3.8) is 0 Å². The Kier molecular flexibility index (Phi) is 4.74. The highest BCUT2D eigenvalue weighted by atomic mass is 16.5. The van der Waals surface area contributed by atoms with Crippen LogP contribution in [0, 0.1) is 11.8 Å². The monoisotopic (exact) mass is 303 g/mol. The number of amides is 1. The molecule has 1 aromatic carbocycles. The molecule has 1 N–H and O–H groups in total. The summed E-state index contributed by atoms with van der Waals surface area (Å²) in [7, 11) is 1.64. The Morgan fingerprint density at radius 2 is 1.91 bits per heavy atom. The average molecular weight is 303 g/mol. The zero-order valence-electron chi connectivity index (χ0n) is 14.2. The van der Waals surface area contributed by atoms with E-state index in [0.717, 1.165) is 16.8 Å². The van der Waals surface area contributed by atoms with Gasteiger partial charge in [0.2, 0.25) is 11.9 Å². The van der Waals surface area contributed by atoms with E-state index in [1.807, 2.05) is 43.5 Å². The molecule has 0 saturated heterocycles. The Morgan fingerprint density at radius 3 is 2.45 bits per heavy atom. The summed E-state index contributed by atoms with van der Waals surface area (Å²) >= 11 is 0. The number of ether oxygens (including phenoxy) is 1. The van der Waals surface area contributed by atoms with Gasteiger partial charge in [0.25, 0.3) is 0 Å². The minimum Gasteiger partial charge on any atom is -0.497 e. The third-order valence-corrected chi connectivity index (χ3v) is 4.06. The van der Waals surface area contributed by atoms with Crippen LogP contribution in [0.5, 0.6) is 5.75 Å². The number of rotatable bonds is 5. The van der Waals surface area contributed by atoms with Crippen LogP contribution in [0.2, 0.25) is 0 Å². The molecular weight excluding hydrogens is 278 g/mol. The van der Waals surface area contributed by atoms with Crippen LogP contribution in [0.25, 0.3) is 11.0 Å². The Bertz CT molecular complexity index is 674. The van der Waals surface area contributed by atoms with Crippen LogP contribution in [0.4, 0.5) is 5.95 Å². The molecule has 1 heterocycles. The smallest absolute Gasteiger partial charge is 0.229 e. The minimum absolute atomic E-state index is 0.000767. The molecule has 0 bridgehead atoms. The molecule has 0 fully saturated rings. The first kappa shape index (κ1) is 16.3. The number of carbonyl (C=O) groups excluding carboxylic acids is 1. The lowest BCUT2D eigenvalue weighted by Crippen LogP contribution is -2.26. The lowest BCUT2D eigenvalue weighted by molar-refractivity contribution is -0.120. The second kappa shape index (κ2) is 6.38. The quantitative estimate of drug-likeness (QED) is 0.912. The first-order valence-electron chi connectivity index (χ1n) is 7.72. The molecule has 0 aliphatic carbocycles. The number of aromatic nitrogens is 2. The van der Waals surface area contributed by atoms with Gasteiger partial charge in [-0.15, -0.1) is 0 Å². The number of hydrogen-bond donors (Lipinski definition) is 1. The maximum absolute atomic E-state index is 12.3. The topological polar surface area (TPSA) is 56.1 Å². The zero-order valence-corrected chi connectivity index (χ0v) is 14.2. The third kappa shape index (κ3) is 3.08. The van der Waals surface area contributed by atoms with Crippen LogP contribution in [0.15, 0.2) is 18.2 Å². The molecule has 1 amide bonds. The van der Waals surface area contributed by atoms with Crippen LogP contribution in [-0.4, -0.2) is 22.6 Å². The number of methoxy groups -OCH3 is 1. The number of anilines is 1. The van der Waals surface area contributed by atoms with E-state index < -0.39 is 0 Å². The fraction of sp³-hybridized carbons (Fsp3) is 0.529. The van der Waals surface area contributed by atoms with Crippen LogP contribution in [-0.2, 0) is 4.79 Å². The highest BCUT2D eigenvalue weighted by Crippen LogP contribution is 2.28. The summed E-state index contributed by atoms with van der Waals surface area (Å²) < 4.78 is 7.32. The summed E-state index contributed by atoms with van der Waals surface area (Å²) in [6, 6.07) is 5.92. The molecule has 120 valence electrons. The molecule has 0 radical (unpaired) electrons. The van der Waals surface area contributed by atoms with Crippen molar-refractivity contribution in [2.45, 2.75) is 40.7 Å². The van der Waals surface area contributed by atoms with Crippen molar-refractivity contribution in [1.29, 1.82) is 0 Å². The largest absolute Gasteiger partial charge is 0.497 e. The average Bonchev–Trinajstić information content (AvgIpc) is 2.82. The number of imidazole rings is 1. The third-order valence-electron chi connectivity index (χ3n) is 4.06. The fourth-order valence-corrected chi connectivity index (χ4v) is 2.34. The van der Waals surface area contributed by atoms with E-state index in [1.54, 1.807) is 7.11 Å². The molecule has 0 saturated carbocycles. The SMILES string of the molecule is COc1ccc2nc(NC(=O)C(C)C(C)C)n(C(C)C)c2c1. The van der Waals surface area contributed by atoms with E-state index in [2.05, 4.69) is 24.1 Å². The summed E-state index contributed by atoms with van der Waals surface area (Å²) in [4.78, 5) is 16.9. The molecule has 0 aliphatic heterocycles. The molecule has 5 nitrogen and oxygen atoms in total. The van der Waals surface area contributed by atoms with Gasteiger partial charge in [0.05, 0.1) is 18.1 Å². The van der Waals surface area contributed by atoms with Gasteiger partial charge in [-0.1, -0.05) is 20.8 Å². The van der Waals surface area contributed by atoms with E-state index in [-0.39, 0.29) is 23.8 Å². The molecule has 1 aromatic heterocycles. The number of hydrogen-bond acceptors (Lipinski definition) is 3. The van der Waals surface area contributed by atoms with Gasteiger partial charge in [-0.25, -0.2) is 4.98 Å². The van der Waals surface area contributed by atoms with Crippen LogP contribution >= 0.6 is 0 Å². The molecule has 0 spiro atoms. The van der Waals surface area contributed by atoms with Crippen LogP contribution < -0.4 is 10.1 Å². The molecule has 2 aromatic rings. The van der Waals surface area contributed by atoms with Crippen molar-refractivity contribution in [3.05, 3.63) is 18.2 Å². The Labute approximate surface area is 131 Å². The maximum atomic E-state index is 12.3. The van der Waals surface area contributed by atoms with Gasteiger partial charge in [0, 0.05) is 18.0 Å². The van der Waals surface area contributed by atoms with Gasteiger partial charge in [0.15, 0.2) is 0 Å². The van der Waals surface area contributed by atoms with E-state index in [0.29, 0.717) is 5.95 Å². The lowest BCUT2D eigenvalue weighted by Gasteiger charge is -2.17. The summed E-state index contributed by atoms with van der Waals surface area (Å²) in [5.41, 5.74) is 1.81. The van der Waals surface area contributed by atoms with Crippen molar-refractivity contribution in [3.8, 4) is 5.75 Å². The predicted octanol–water partition coefficient (Wildman–Crippen LogP) is 3.86. The van der Waals surface area contributed by atoms with Gasteiger partial charge in [-0.2, -0.15) is 0 Å². The van der Waals surface area contributed by atoms with E-state index in [9.17, 15) is 4.79 Å². The number of nitrogens with zero attached hydrogens (tertiary/aromatic N) is 2. The minimum atomic E-state index is -0.0602. The molecule has 1 atom stereocenters. The number of nitrogens with one attached hydrogen (secondary N) is 1. The van der Waals surface area contributed by atoms with Crippen molar-refractivity contribution < 1.29 is 9.53 Å². The molecular formula is C17H25N3O2. The second-order valence-corrected chi connectivity index (χ2v) is 6.28. The first-order chi connectivity index (χ1) is 10.3. The van der Waals surface area contributed by atoms with Crippen LogP contribution in [0.3, 0.4) is 0 Å². The van der Waals surface area contributed by atoms with Crippen molar-refractivity contribution in [2.75, 3.05) is 12.4 Å². The molecule has 1 unspecified atom stereocenters. The predicted molar refractivity (Wildman–Crippen MR) is 89.3 cm³/mol. The Hall–Kier alpha value is -2.04. The second-order valence-electron chi connectivity index (χ2n) is 6.28. The van der Waals surface area contributed by atoms with Crippen LogP contribution in [0.1, 0.15) is 40.7 Å². The fourth-order valence-electron chi connectivity index (χ4n) is 2.34. The number of benzene rings is 1. The van der Waals surface area contributed by atoms with Gasteiger partial charge in [0.1, 0.15) is 5.75 Å². The molecule has 22 heavy (non-hydrogen) atoms.